The van der Waals surface area contributed by atoms with Gasteiger partial charge in [-0.2, -0.15) is 0 Å². The molecule has 0 saturated heterocycles. The monoisotopic (exact) mass is 325 g/mol. The van der Waals surface area contributed by atoms with Crippen LogP contribution in [0.3, 0.4) is 0 Å². The van der Waals surface area contributed by atoms with Crippen LogP contribution in [0.4, 0.5) is 5.69 Å². The van der Waals surface area contributed by atoms with Crippen molar-refractivity contribution in [1.29, 1.82) is 0 Å². The number of anilines is 1. The number of nitrogens with zero attached hydrogens (tertiary/aromatic N) is 1. The molecule has 0 aliphatic carbocycles. The van der Waals surface area contributed by atoms with Gasteiger partial charge < -0.3 is 0 Å². The van der Waals surface area contributed by atoms with Crippen molar-refractivity contribution >= 4 is 42.1 Å². The van der Waals surface area contributed by atoms with Gasteiger partial charge in [0.1, 0.15) is 0 Å². The molecule has 5 heteroatoms. The number of rotatable bonds is 5. The molecule has 2 rings (SSSR count). The third-order valence-electron chi connectivity index (χ3n) is 2.76. The molecule has 0 amide bonds. The second-order valence-corrected chi connectivity index (χ2v) is 6.36. The van der Waals surface area contributed by atoms with Crippen molar-refractivity contribution in [3.05, 3.63) is 28.7 Å². The van der Waals surface area contributed by atoms with Crippen LogP contribution in [0, 0.1) is 0 Å². The summed E-state index contributed by atoms with van der Waals surface area (Å²) in [5.41, 5.74) is 0.860. The van der Waals surface area contributed by atoms with E-state index < -0.39 is 0 Å². The molecule has 100 valence electrons. The Morgan fingerprint density at radius 3 is 2.84 bits per heavy atom. The summed E-state index contributed by atoms with van der Waals surface area (Å²) in [6.07, 6.45) is 0.900. The molecule has 1 aromatic carbocycles. The number of hydrogen-bond acceptors (Lipinski definition) is 4. The first-order chi connectivity index (χ1) is 9.17. The first-order valence-electron chi connectivity index (χ1n) is 6.00. The number of fused-ring (bicyclic) bond motifs is 1. The number of carbonyl (C=O) groups is 2. The maximum absolute atomic E-state index is 11.5. The molecule has 0 saturated carbocycles. The summed E-state index contributed by atoms with van der Waals surface area (Å²) in [6, 6.07) is 7.94. The van der Waals surface area contributed by atoms with Gasteiger partial charge in [-0.15, -0.1) is 0 Å². The van der Waals surface area contributed by atoms with E-state index in [1.165, 1.54) is 4.26 Å². The van der Waals surface area contributed by atoms with Crippen LogP contribution in [0.5, 0.6) is 0 Å². The van der Waals surface area contributed by atoms with Crippen molar-refractivity contribution in [3.63, 3.8) is 0 Å². The summed E-state index contributed by atoms with van der Waals surface area (Å²) in [7, 11) is 1.81. The van der Waals surface area contributed by atoms with Crippen LogP contribution >= 0.6 is 0 Å². The van der Waals surface area contributed by atoms with Crippen LogP contribution in [0.2, 0.25) is 0 Å². The summed E-state index contributed by atoms with van der Waals surface area (Å²) in [4.78, 5) is 24.6. The van der Waals surface area contributed by atoms with Gasteiger partial charge in [0.2, 0.25) is 0 Å². The van der Waals surface area contributed by atoms with Crippen molar-refractivity contribution in [2.45, 2.75) is 6.92 Å². The molecule has 0 atom stereocenters. The Labute approximate surface area is 117 Å². The molecule has 1 aromatic heterocycles. The van der Waals surface area contributed by atoms with Crippen LogP contribution in [-0.2, 0) is 9.53 Å². The molecular formula is C14H15NO3Se. The van der Waals surface area contributed by atoms with Crippen molar-refractivity contribution in [1.82, 2.24) is 0 Å². The first-order valence-corrected chi connectivity index (χ1v) is 7.72. The molecule has 0 aliphatic rings. The van der Waals surface area contributed by atoms with Crippen LogP contribution in [-0.4, -0.2) is 47.0 Å². The molecule has 0 radical (unpaired) electrons. The van der Waals surface area contributed by atoms with E-state index in [9.17, 15) is 9.59 Å². The van der Waals surface area contributed by atoms with Crippen molar-refractivity contribution in [3.8, 4) is 0 Å². The summed E-state index contributed by atoms with van der Waals surface area (Å²) in [5.74, 6) is -0.278. The number of aldehydes is 1. The van der Waals surface area contributed by atoms with Gasteiger partial charge in [-0.3, -0.25) is 0 Å². The minimum absolute atomic E-state index is 0.0244. The van der Waals surface area contributed by atoms with Crippen molar-refractivity contribution in [2.75, 3.05) is 25.1 Å². The Kier molecular flexibility index (Phi) is 4.40. The van der Waals surface area contributed by atoms with E-state index in [-0.39, 0.29) is 27.0 Å². The molecule has 0 unspecified atom stereocenters. The molecule has 2 aromatic rings. The zero-order valence-corrected chi connectivity index (χ0v) is 12.6. The molecule has 0 N–H and O–H groups in total. The molecule has 1 heterocycles. The van der Waals surface area contributed by atoms with Gasteiger partial charge in [0, 0.05) is 0 Å². The van der Waals surface area contributed by atoms with Crippen LogP contribution in [0.1, 0.15) is 16.2 Å². The van der Waals surface area contributed by atoms with Gasteiger partial charge in [0.05, 0.1) is 0 Å². The number of hydrogen-bond donors (Lipinski definition) is 0. The fourth-order valence-corrected chi connectivity index (χ4v) is 4.25. The maximum atomic E-state index is 11.5. The average Bonchev–Trinajstić information content (AvgIpc) is 2.77. The third kappa shape index (κ3) is 2.88. The Hall–Kier alpha value is -1.58. The Balaban J connectivity index is 2.37. The fraction of sp³-hybridized carbons (Fsp3) is 0.286. The van der Waals surface area contributed by atoms with Crippen molar-refractivity contribution < 1.29 is 14.3 Å². The van der Waals surface area contributed by atoms with Gasteiger partial charge in [-0.1, -0.05) is 0 Å². The van der Waals surface area contributed by atoms with Gasteiger partial charge in [0.15, 0.2) is 0 Å². The van der Waals surface area contributed by atoms with E-state index in [1.807, 2.05) is 31.3 Å². The van der Waals surface area contributed by atoms with E-state index >= 15 is 0 Å². The number of benzene rings is 1. The molecule has 19 heavy (non-hydrogen) atoms. The van der Waals surface area contributed by atoms with Gasteiger partial charge in [-0.25, -0.2) is 0 Å². The fourth-order valence-electron chi connectivity index (χ4n) is 2.00. The van der Waals surface area contributed by atoms with E-state index in [0.29, 0.717) is 6.61 Å². The first kappa shape index (κ1) is 13.8. The molecule has 0 aliphatic heterocycles. The van der Waals surface area contributed by atoms with E-state index in [1.54, 1.807) is 11.8 Å². The van der Waals surface area contributed by atoms with Crippen LogP contribution in [0.15, 0.2) is 24.3 Å². The van der Waals surface area contributed by atoms with E-state index in [2.05, 4.69) is 0 Å². The Morgan fingerprint density at radius 2 is 2.16 bits per heavy atom. The summed E-state index contributed by atoms with van der Waals surface area (Å²) in [6.45, 7) is 2.31. The van der Waals surface area contributed by atoms with Crippen molar-refractivity contribution in [2.24, 2.45) is 0 Å². The quantitative estimate of drug-likeness (QED) is 0.477. The van der Waals surface area contributed by atoms with Crippen LogP contribution in [0.25, 0.3) is 9.65 Å². The number of likely N-dealkylation sites (N-methyl/N-ethyl adjacent to an activating group) is 1. The van der Waals surface area contributed by atoms with Crippen LogP contribution < -0.4 is 4.90 Å². The standard InChI is InChI=1S/C14H15NO3Se/c1-3-18-13(17)8-15(2)14-10-6-4-5-7-11(10)19-12(14)9-16/h4-7,9H,3,8H2,1-2H3. The normalized spacial score (nSPS) is 10.4. The molecule has 0 spiro atoms. The Morgan fingerprint density at radius 1 is 1.42 bits per heavy atom. The topological polar surface area (TPSA) is 46.6 Å². The molecule has 0 fully saturated rings. The van der Waals surface area contributed by atoms with Gasteiger partial charge in [0.25, 0.3) is 0 Å². The summed E-state index contributed by atoms with van der Waals surface area (Å²) >= 11 is 0.0244. The van der Waals surface area contributed by atoms with E-state index in [0.717, 1.165) is 21.8 Å². The Bertz CT molecular complexity index is 606. The predicted molar refractivity (Wildman–Crippen MR) is 76.2 cm³/mol. The molecule has 0 bridgehead atoms. The number of carbonyl (C=O) groups excluding carboxylic acids is 2. The summed E-state index contributed by atoms with van der Waals surface area (Å²) in [5, 5.41) is 1.05. The number of esters is 1. The zero-order valence-electron chi connectivity index (χ0n) is 10.9. The number of ether oxygens (including phenoxy) is 1. The van der Waals surface area contributed by atoms with E-state index in [4.69, 9.17) is 4.74 Å². The third-order valence-corrected chi connectivity index (χ3v) is 5.03. The second kappa shape index (κ2) is 6.04. The second-order valence-electron chi connectivity index (χ2n) is 4.09. The summed E-state index contributed by atoms with van der Waals surface area (Å²) < 4.78 is 6.90. The van der Waals surface area contributed by atoms with Gasteiger partial charge >= 0.3 is 117 Å². The molecule has 4 nitrogen and oxygen atoms in total. The minimum atomic E-state index is -0.278. The predicted octanol–water partition coefficient (Wildman–Crippen LogP) is 1.71. The SMILES string of the molecule is CCOC(=O)CN(C)c1c(C=O)[se]c2ccccc12. The zero-order chi connectivity index (χ0) is 13.8. The molecular weight excluding hydrogens is 309 g/mol. The average molecular weight is 324 g/mol. The van der Waals surface area contributed by atoms with Gasteiger partial charge in [-0.05, 0) is 0 Å².